The Morgan fingerprint density at radius 2 is 1.77 bits per heavy atom. The van der Waals surface area contributed by atoms with E-state index >= 15 is 0 Å². The van der Waals surface area contributed by atoms with Crippen LogP contribution in [0.2, 0.25) is 5.02 Å². The standard InChI is InChI=1S/C24H25ClN2O3S/c1-17-11-13-27(14-12-17)31(29,30)20-9-10-23(25)22(15-20)24(28)26-16-19-7-4-6-18-5-2-3-8-21(18)19/h2-10,15,17H,11-14,16H2,1H3,(H,26,28). The number of hydrogen-bond acceptors (Lipinski definition) is 3. The van der Waals surface area contributed by atoms with Crippen molar-refractivity contribution in [1.82, 2.24) is 9.62 Å². The van der Waals surface area contributed by atoms with Crippen LogP contribution in [0.5, 0.6) is 0 Å². The van der Waals surface area contributed by atoms with E-state index in [1.165, 1.54) is 22.5 Å². The van der Waals surface area contributed by atoms with Crippen molar-refractivity contribution in [2.45, 2.75) is 31.2 Å². The summed E-state index contributed by atoms with van der Waals surface area (Å²) in [5.41, 5.74) is 1.14. The minimum Gasteiger partial charge on any atom is -0.348 e. The summed E-state index contributed by atoms with van der Waals surface area (Å²) in [6, 6.07) is 18.2. The Morgan fingerprint density at radius 1 is 1.06 bits per heavy atom. The summed E-state index contributed by atoms with van der Waals surface area (Å²) in [4.78, 5) is 13.0. The maximum atomic E-state index is 13.1. The lowest BCUT2D eigenvalue weighted by Crippen LogP contribution is -2.38. The molecule has 1 amide bonds. The Kier molecular flexibility index (Phi) is 6.32. The van der Waals surface area contributed by atoms with E-state index in [2.05, 4.69) is 12.2 Å². The lowest BCUT2D eigenvalue weighted by molar-refractivity contribution is 0.0951. The van der Waals surface area contributed by atoms with E-state index in [-0.39, 0.29) is 15.5 Å². The van der Waals surface area contributed by atoms with E-state index < -0.39 is 15.9 Å². The molecule has 5 nitrogen and oxygen atoms in total. The molecule has 162 valence electrons. The summed E-state index contributed by atoms with van der Waals surface area (Å²) < 4.78 is 27.6. The number of rotatable bonds is 5. The molecule has 1 aliphatic heterocycles. The Bertz CT molecular complexity index is 1210. The molecule has 7 heteroatoms. The molecule has 0 spiro atoms. The fraction of sp³-hybridized carbons (Fsp3) is 0.292. The average molecular weight is 457 g/mol. The second kappa shape index (κ2) is 8.99. The first kappa shape index (κ1) is 21.8. The lowest BCUT2D eigenvalue weighted by atomic mass is 10.0. The second-order valence-corrected chi connectivity index (χ2v) is 10.4. The molecule has 0 atom stereocenters. The van der Waals surface area contributed by atoms with E-state index in [9.17, 15) is 13.2 Å². The van der Waals surface area contributed by atoms with E-state index in [0.29, 0.717) is 25.6 Å². The van der Waals surface area contributed by atoms with E-state index in [1.807, 2.05) is 42.5 Å². The zero-order valence-electron chi connectivity index (χ0n) is 17.3. The first-order chi connectivity index (χ1) is 14.9. The molecule has 31 heavy (non-hydrogen) atoms. The van der Waals surface area contributed by atoms with E-state index in [1.54, 1.807) is 0 Å². The van der Waals surface area contributed by atoms with Crippen LogP contribution in [0.4, 0.5) is 0 Å². The second-order valence-electron chi connectivity index (χ2n) is 8.05. The van der Waals surface area contributed by atoms with Gasteiger partial charge in [-0.15, -0.1) is 0 Å². The SMILES string of the molecule is CC1CCN(S(=O)(=O)c2ccc(Cl)c(C(=O)NCc3cccc4ccccc34)c2)CC1. The number of sulfonamides is 1. The Labute approximate surface area is 188 Å². The highest BCUT2D eigenvalue weighted by Crippen LogP contribution is 2.27. The van der Waals surface area contributed by atoms with Crippen LogP contribution in [-0.4, -0.2) is 31.7 Å². The Morgan fingerprint density at radius 3 is 2.55 bits per heavy atom. The molecule has 0 aliphatic carbocycles. The van der Waals surface area contributed by atoms with Gasteiger partial charge in [0.15, 0.2) is 0 Å². The Hall–Kier alpha value is -2.41. The zero-order valence-corrected chi connectivity index (χ0v) is 18.9. The minimum absolute atomic E-state index is 0.0989. The number of nitrogens with one attached hydrogen (secondary N) is 1. The van der Waals surface area contributed by atoms with Crippen LogP contribution in [0.25, 0.3) is 10.8 Å². The highest BCUT2D eigenvalue weighted by Gasteiger charge is 2.29. The largest absolute Gasteiger partial charge is 0.348 e. The quantitative estimate of drug-likeness (QED) is 0.597. The summed E-state index contributed by atoms with van der Waals surface area (Å²) in [7, 11) is -3.66. The van der Waals surface area contributed by atoms with Crippen LogP contribution in [0.1, 0.15) is 35.7 Å². The predicted molar refractivity (Wildman–Crippen MR) is 124 cm³/mol. The summed E-state index contributed by atoms with van der Waals surface area (Å²) in [6.07, 6.45) is 1.68. The fourth-order valence-corrected chi connectivity index (χ4v) is 5.63. The first-order valence-corrected chi connectivity index (χ1v) is 12.2. The molecule has 1 aliphatic rings. The molecule has 0 saturated carbocycles. The number of nitrogens with zero attached hydrogens (tertiary/aromatic N) is 1. The predicted octanol–water partition coefficient (Wildman–Crippen LogP) is 4.84. The Balaban J connectivity index is 1.54. The smallest absolute Gasteiger partial charge is 0.253 e. The molecular weight excluding hydrogens is 432 g/mol. The molecule has 0 aromatic heterocycles. The van der Waals surface area contributed by atoms with Crippen LogP contribution < -0.4 is 5.32 Å². The van der Waals surface area contributed by atoms with Gasteiger partial charge in [-0.2, -0.15) is 4.31 Å². The molecular formula is C24H25ClN2O3S. The minimum atomic E-state index is -3.66. The summed E-state index contributed by atoms with van der Waals surface area (Å²) in [5, 5.41) is 5.26. The highest BCUT2D eigenvalue weighted by atomic mass is 35.5. The number of amides is 1. The molecule has 4 rings (SSSR count). The van der Waals surface area contributed by atoms with Gasteiger partial charge < -0.3 is 5.32 Å². The summed E-state index contributed by atoms with van der Waals surface area (Å²) >= 11 is 6.25. The van der Waals surface area contributed by atoms with Crippen molar-refractivity contribution in [3.8, 4) is 0 Å². The first-order valence-electron chi connectivity index (χ1n) is 10.4. The molecule has 0 radical (unpaired) electrons. The van der Waals surface area contributed by atoms with Crippen LogP contribution in [0.15, 0.2) is 65.6 Å². The van der Waals surface area contributed by atoms with E-state index in [0.717, 1.165) is 29.2 Å². The molecule has 0 unspecified atom stereocenters. The van der Waals surface area contributed by atoms with Crippen molar-refractivity contribution in [3.05, 3.63) is 76.8 Å². The molecule has 1 saturated heterocycles. The molecule has 3 aromatic carbocycles. The van der Waals surface area contributed by atoms with Crippen LogP contribution in [-0.2, 0) is 16.6 Å². The molecule has 1 fully saturated rings. The van der Waals surface area contributed by atoms with Crippen LogP contribution >= 0.6 is 11.6 Å². The van der Waals surface area contributed by atoms with Gasteiger partial charge in [-0.25, -0.2) is 8.42 Å². The third-order valence-corrected chi connectivity index (χ3v) is 8.11. The number of hydrogen-bond donors (Lipinski definition) is 1. The van der Waals surface area contributed by atoms with Gasteiger partial charge in [0.2, 0.25) is 10.0 Å². The molecule has 1 N–H and O–H groups in total. The number of carbonyl (C=O) groups is 1. The number of halogens is 1. The van der Waals surface area contributed by atoms with Gasteiger partial charge in [-0.1, -0.05) is 61.0 Å². The topological polar surface area (TPSA) is 66.5 Å². The van der Waals surface area contributed by atoms with Gasteiger partial charge in [0.1, 0.15) is 0 Å². The monoisotopic (exact) mass is 456 g/mol. The van der Waals surface area contributed by atoms with Gasteiger partial charge >= 0.3 is 0 Å². The number of benzene rings is 3. The van der Waals surface area contributed by atoms with Gasteiger partial charge in [0, 0.05) is 19.6 Å². The van der Waals surface area contributed by atoms with Gasteiger partial charge in [0.05, 0.1) is 15.5 Å². The maximum Gasteiger partial charge on any atom is 0.253 e. The van der Waals surface area contributed by atoms with E-state index in [4.69, 9.17) is 11.6 Å². The van der Waals surface area contributed by atoms with Crippen LogP contribution in [0.3, 0.4) is 0 Å². The van der Waals surface area contributed by atoms with Crippen LogP contribution in [0, 0.1) is 5.92 Å². The third-order valence-electron chi connectivity index (χ3n) is 5.88. The number of piperidine rings is 1. The van der Waals surface area contributed by atoms with Crippen molar-refractivity contribution in [2.24, 2.45) is 5.92 Å². The van der Waals surface area contributed by atoms with Gasteiger partial charge in [-0.05, 0) is 53.3 Å². The van der Waals surface area contributed by atoms with Crippen molar-refractivity contribution in [3.63, 3.8) is 0 Å². The van der Waals surface area contributed by atoms with Crippen molar-refractivity contribution < 1.29 is 13.2 Å². The zero-order chi connectivity index (χ0) is 22.0. The lowest BCUT2D eigenvalue weighted by Gasteiger charge is -2.29. The van der Waals surface area contributed by atoms with Crippen molar-refractivity contribution in [1.29, 1.82) is 0 Å². The van der Waals surface area contributed by atoms with Gasteiger partial charge in [-0.3, -0.25) is 4.79 Å². The third kappa shape index (κ3) is 4.61. The summed E-state index contributed by atoms with van der Waals surface area (Å²) in [5.74, 6) is 0.120. The summed E-state index contributed by atoms with van der Waals surface area (Å²) in [6.45, 7) is 3.44. The normalized spacial score (nSPS) is 15.8. The molecule has 3 aromatic rings. The highest BCUT2D eigenvalue weighted by molar-refractivity contribution is 7.89. The maximum absolute atomic E-state index is 13.1. The molecule has 0 bridgehead atoms. The van der Waals surface area contributed by atoms with Crippen molar-refractivity contribution in [2.75, 3.05) is 13.1 Å². The number of carbonyl (C=O) groups excluding carboxylic acids is 1. The van der Waals surface area contributed by atoms with Gasteiger partial charge in [0.25, 0.3) is 5.91 Å². The number of fused-ring (bicyclic) bond motifs is 1. The molecule has 1 heterocycles. The average Bonchev–Trinajstić information content (AvgIpc) is 2.78. The fourth-order valence-electron chi connectivity index (χ4n) is 3.93. The van der Waals surface area contributed by atoms with Crippen molar-refractivity contribution >= 4 is 38.3 Å².